The van der Waals surface area contributed by atoms with Crippen molar-refractivity contribution in [3.63, 3.8) is 0 Å². The molecule has 1 aromatic rings. The molecule has 1 aromatic heterocycles. The van der Waals surface area contributed by atoms with Crippen molar-refractivity contribution >= 4 is 25.8 Å². The van der Waals surface area contributed by atoms with Gasteiger partial charge in [-0.25, -0.2) is 8.42 Å². The van der Waals surface area contributed by atoms with Crippen LogP contribution >= 0.6 is 15.9 Å². The molecular weight excluding hydrogens is 242 g/mol. The van der Waals surface area contributed by atoms with Crippen LogP contribution in [0.4, 0.5) is 0 Å². The third-order valence-corrected chi connectivity index (χ3v) is 3.55. The zero-order chi connectivity index (χ0) is 9.19. The zero-order valence-corrected chi connectivity index (χ0v) is 8.89. The maximum absolute atomic E-state index is 11.3. The van der Waals surface area contributed by atoms with Crippen LogP contribution < -0.4 is 0 Å². The van der Waals surface area contributed by atoms with Crippen LogP contribution in [-0.2, 0) is 9.84 Å². The molecule has 0 atom stereocenters. The van der Waals surface area contributed by atoms with E-state index in [1.807, 2.05) is 0 Å². The summed E-state index contributed by atoms with van der Waals surface area (Å²) in [6.45, 7) is 1.61. The van der Waals surface area contributed by atoms with Gasteiger partial charge in [0.15, 0.2) is 9.84 Å². The lowest BCUT2D eigenvalue weighted by molar-refractivity contribution is 0.597. The Balaban J connectivity index is 3.21. The van der Waals surface area contributed by atoms with Crippen LogP contribution in [0.25, 0.3) is 0 Å². The Kier molecular flexibility index (Phi) is 2.85. The minimum atomic E-state index is -3.11. The van der Waals surface area contributed by atoms with Crippen LogP contribution in [-0.4, -0.2) is 19.2 Å². The van der Waals surface area contributed by atoms with Gasteiger partial charge in [0.25, 0.3) is 0 Å². The lowest BCUT2D eigenvalue weighted by atomic mass is 10.5. The first-order chi connectivity index (χ1) is 5.56. The lowest BCUT2D eigenvalue weighted by Crippen LogP contribution is -2.03. The van der Waals surface area contributed by atoms with Gasteiger partial charge in [0.2, 0.25) is 0 Å². The second-order valence-electron chi connectivity index (χ2n) is 2.24. The summed E-state index contributed by atoms with van der Waals surface area (Å²) in [5.41, 5.74) is 0. The van der Waals surface area contributed by atoms with Crippen LogP contribution in [0.1, 0.15) is 6.92 Å². The van der Waals surface area contributed by atoms with Crippen molar-refractivity contribution in [2.75, 3.05) is 5.75 Å². The maximum Gasteiger partial charge on any atom is 0.179 e. The topological polar surface area (TPSA) is 47.0 Å². The quantitative estimate of drug-likeness (QED) is 0.801. The fourth-order valence-electron chi connectivity index (χ4n) is 0.729. The average molecular weight is 250 g/mol. The van der Waals surface area contributed by atoms with Gasteiger partial charge in [-0.15, -0.1) is 0 Å². The van der Waals surface area contributed by atoms with Crippen LogP contribution in [0, 0.1) is 0 Å². The third kappa shape index (κ3) is 2.04. The summed E-state index contributed by atoms with van der Waals surface area (Å²) in [7, 11) is -3.11. The highest BCUT2D eigenvalue weighted by molar-refractivity contribution is 9.10. The van der Waals surface area contributed by atoms with Crippen molar-refractivity contribution in [3.05, 3.63) is 22.9 Å². The number of halogens is 1. The van der Waals surface area contributed by atoms with Gasteiger partial charge in [-0.05, 0) is 22.0 Å². The number of hydrogen-bond donors (Lipinski definition) is 0. The summed E-state index contributed by atoms with van der Waals surface area (Å²) < 4.78 is 23.3. The molecule has 0 aliphatic carbocycles. The fourth-order valence-corrected chi connectivity index (χ4v) is 2.11. The first-order valence-electron chi connectivity index (χ1n) is 3.39. The molecule has 0 aliphatic heterocycles. The fraction of sp³-hybridized carbons (Fsp3) is 0.286. The maximum atomic E-state index is 11.3. The summed E-state index contributed by atoms with van der Waals surface area (Å²) >= 11 is 3.16. The highest BCUT2D eigenvalue weighted by Gasteiger charge is 2.11. The number of sulfone groups is 1. The Bertz CT molecular complexity index is 375. The van der Waals surface area contributed by atoms with E-state index in [0.29, 0.717) is 4.47 Å². The van der Waals surface area contributed by atoms with Gasteiger partial charge in [0.05, 0.1) is 10.6 Å². The molecule has 0 saturated carbocycles. The molecule has 0 bridgehead atoms. The smallest absolute Gasteiger partial charge is 0.179 e. The zero-order valence-electron chi connectivity index (χ0n) is 6.49. The lowest BCUT2D eigenvalue weighted by Gasteiger charge is -1.99. The molecule has 1 rings (SSSR count). The Morgan fingerprint density at radius 3 is 2.67 bits per heavy atom. The summed E-state index contributed by atoms with van der Waals surface area (Å²) in [6, 6.07) is 1.55. The molecule has 12 heavy (non-hydrogen) atoms. The van der Waals surface area contributed by atoms with E-state index in [1.165, 1.54) is 6.20 Å². The molecule has 0 amide bonds. The van der Waals surface area contributed by atoms with Gasteiger partial charge in [0, 0.05) is 16.9 Å². The standard InChI is InChI=1S/C7H8BrNO2S/c1-2-12(10,11)7-3-6(8)4-9-5-7/h3-5H,2H2,1H3. The highest BCUT2D eigenvalue weighted by atomic mass is 79.9. The number of aromatic nitrogens is 1. The largest absolute Gasteiger partial charge is 0.262 e. The second-order valence-corrected chi connectivity index (χ2v) is 5.44. The van der Waals surface area contributed by atoms with Crippen molar-refractivity contribution < 1.29 is 8.42 Å². The van der Waals surface area contributed by atoms with E-state index in [2.05, 4.69) is 20.9 Å². The molecule has 0 saturated heterocycles. The van der Waals surface area contributed by atoms with E-state index in [1.54, 1.807) is 19.2 Å². The summed E-state index contributed by atoms with van der Waals surface area (Å²) in [4.78, 5) is 4.04. The predicted molar refractivity (Wildman–Crippen MR) is 49.7 cm³/mol. The van der Waals surface area contributed by atoms with E-state index in [9.17, 15) is 8.42 Å². The molecule has 0 fully saturated rings. The van der Waals surface area contributed by atoms with Gasteiger partial charge in [-0.2, -0.15) is 0 Å². The molecule has 3 nitrogen and oxygen atoms in total. The number of pyridine rings is 1. The average Bonchev–Trinajstić information content (AvgIpc) is 2.05. The number of hydrogen-bond acceptors (Lipinski definition) is 3. The number of rotatable bonds is 2. The minimum absolute atomic E-state index is 0.102. The Hall–Kier alpha value is -0.420. The minimum Gasteiger partial charge on any atom is -0.262 e. The van der Waals surface area contributed by atoms with Crippen LogP contribution in [0.3, 0.4) is 0 Å². The molecular formula is C7H8BrNO2S. The summed E-state index contributed by atoms with van der Waals surface area (Å²) in [5.74, 6) is 0.102. The molecule has 1 heterocycles. The van der Waals surface area contributed by atoms with E-state index >= 15 is 0 Å². The van der Waals surface area contributed by atoms with Crippen molar-refractivity contribution in [1.29, 1.82) is 0 Å². The Labute approximate surface area is 79.9 Å². The van der Waals surface area contributed by atoms with Crippen LogP contribution in [0.2, 0.25) is 0 Å². The molecule has 0 aromatic carbocycles. The van der Waals surface area contributed by atoms with Crippen molar-refractivity contribution in [1.82, 2.24) is 4.98 Å². The van der Waals surface area contributed by atoms with E-state index in [0.717, 1.165) is 0 Å². The SMILES string of the molecule is CCS(=O)(=O)c1cncc(Br)c1. The molecule has 0 unspecified atom stereocenters. The second kappa shape index (κ2) is 3.53. The Morgan fingerprint density at radius 2 is 2.17 bits per heavy atom. The normalized spacial score (nSPS) is 11.5. The van der Waals surface area contributed by atoms with Crippen molar-refractivity contribution in [3.8, 4) is 0 Å². The molecule has 0 radical (unpaired) electrons. The van der Waals surface area contributed by atoms with Crippen molar-refractivity contribution in [2.24, 2.45) is 0 Å². The van der Waals surface area contributed by atoms with Gasteiger partial charge >= 0.3 is 0 Å². The first-order valence-corrected chi connectivity index (χ1v) is 5.84. The Morgan fingerprint density at radius 1 is 1.50 bits per heavy atom. The summed E-state index contributed by atoms with van der Waals surface area (Å²) in [5, 5.41) is 0. The molecule has 0 spiro atoms. The van der Waals surface area contributed by atoms with Crippen LogP contribution in [0.15, 0.2) is 27.8 Å². The van der Waals surface area contributed by atoms with Gasteiger partial charge < -0.3 is 0 Å². The van der Waals surface area contributed by atoms with E-state index in [-0.39, 0.29) is 10.6 Å². The molecule has 5 heteroatoms. The van der Waals surface area contributed by atoms with Gasteiger partial charge in [-0.3, -0.25) is 4.98 Å². The van der Waals surface area contributed by atoms with Gasteiger partial charge in [-0.1, -0.05) is 6.92 Å². The monoisotopic (exact) mass is 249 g/mol. The third-order valence-electron chi connectivity index (χ3n) is 1.42. The molecule has 66 valence electrons. The highest BCUT2D eigenvalue weighted by Crippen LogP contribution is 2.14. The van der Waals surface area contributed by atoms with Crippen molar-refractivity contribution in [2.45, 2.75) is 11.8 Å². The van der Waals surface area contributed by atoms with Gasteiger partial charge in [0.1, 0.15) is 0 Å². The van der Waals surface area contributed by atoms with Crippen LogP contribution in [0.5, 0.6) is 0 Å². The summed E-state index contributed by atoms with van der Waals surface area (Å²) in [6.07, 6.45) is 2.90. The number of nitrogens with zero attached hydrogens (tertiary/aromatic N) is 1. The molecule has 0 N–H and O–H groups in total. The first kappa shape index (κ1) is 9.67. The molecule has 0 aliphatic rings. The van der Waals surface area contributed by atoms with E-state index in [4.69, 9.17) is 0 Å². The predicted octanol–water partition coefficient (Wildman–Crippen LogP) is 1.64. The van der Waals surface area contributed by atoms with E-state index < -0.39 is 9.84 Å².